The lowest BCUT2D eigenvalue weighted by atomic mass is 10.0. The number of para-hydroxylation sites is 2. The molecule has 0 bridgehead atoms. The molecular weight excluding hydrogens is 332 g/mol. The molecule has 2 aromatic carbocycles. The number of nitrogens with zero attached hydrogens (tertiary/aromatic N) is 2. The number of benzene rings is 2. The highest BCUT2D eigenvalue weighted by molar-refractivity contribution is 6.19. The number of nitrogens with one attached hydrogen (secondary N) is 2. The predicted molar refractivity (Wildman–Crippen MR) is 96.3 cm³/mol. The van der Waals surface area contributed by atoms with Crippen LogP contribution in [0.25, 0.3) is 5.69 Å². The number of anilines is 2. The van der Waals surface area contributed by atoms with E-state index in [4.69, 9.17) is 4.74 Å². The summed E-state index contributed by atoms with van der Waals surface area (Å²) >= 11 is 0. The van der Waals surface area contributed by atoms with Crippen LogP contribution in [0.15, 0.2) is 67.0 Å². The van der Waals surface area contributed by atoms with Gasteiger partial charge < -0.3 is 15.4 Å². The summed E-state index contributed by atoms with van der Waals surface area (Å²) in [6.07, 6.45) is 3.51. The smallest absolute Gasteiger partial charge is 0.278 e. The fourth-order valence-electron chi connectivity index (χ4n) is 2.69. The Morgan fingerprint density at radius 3 is 2.65 bits per heavy atom. The van der Waals surface area contributed by atoms with Crippen LogP contribution in [-0.4, -0.2) is 27.2 Å². The zero-order valence-electron chi connectivity index (χ0n) is 14.0. The van der Waals surface area contributed by atoms with E-state index in [1.54, 1.807) is 47.3 Å². The van der Waals surface area contributed by atoms with E-state index in [0.717, 1.165) is 5.69 Å². The molecule has 1 aliphatic heterocycles. The molecule has 2 N–H and O–H groups in total. The van der Waals surface area contributed by atoms with Crippen LogP contribution in [0.1, 0.15) is 6.92 Å². The lowest BCUT2D eigenvalue weighted by molar-refractivity contribution is -0.143. The second kappa shape index (κ2) is 6.03. The summed E-state index contributed by atoms with van der Waals surface area (Å²) in [5, 5.41) is 9.59. The maximum atomic E-state index is 12.7. The van der Waals surface area contributed by atoms with E-state index in [2.05, 4.69) is 15.7 Å². The standard InChI is InChI=1S/C19H16N4O3/c1-19(18(25)22-15-5-2-3-6-16(15)26-19)17(24)21-13-7-9-14(10-8-13)23-12-4-11-20-23/h2-12H,1H3,(H,21,24)(H,22,25)/t19-/m1/s1. The van der Waals surface area contributed by atoms with Gasteiger partial charge in [-0.25, -0.2) is 4.68 Å². The Morgan fingerprint density at radius 1 is 1.15 bits per heavy atom. The Kier molecular flexibility index (Phi) is 3.69. The van der Waals surface area contributed by atoms with Gasteiger partial charge in [-0.1, -0.05) is 12.1 Å². The Balaban J connectivity index is 1.53. The average molecular weight is 348 g/mol. The van der Waals surface area contributed by atoms with Crippen molar-refractivity contribution < 1.29 is 14.3 Å². The van der Waals surface area contributed by atoms with E-state index in [1.807, 2.05) is 24.4 Å². The van der Waals surface area contributed by atoms with Gasteiger partial charge in [0, 0.05) is 18.1 Å². The zero-order chi connectivity index (χ0) is 18.1. The molecule has 3 aromatic rings. The summed E-state index contributed by atoms with van der Waals surface area (Å²) in [7, 11) is 0. The van der Waals surface area contributed by atoms with Gasteiger partial charge in [-0.15, -0.1) is 0 Å². The highest BCUT2D eigenvalue weighted by Crippen LogP contribution is 2.33. The van der Waals surface area contributed by atoms with Gasteiger partial charge in [-0.3, -0.25) is 9.59 Å². The highest BCUT2D eigenvalue weighted by Gasteiger charge is 2.47. The van der Waals surface area contributed by atoms with E-state index in [0.29, 0.717) is 17.1 Å². The first-order valence-electron chi connectivity index (χ1n) is 8.07. The molecule has 0 unspecified atom stereocenters. The summed E-state index contributed by atoms with van der Waals surface area (Å²) < 4.78 is 7.42. The molecule has 2 heterocycles. The number of rotatable bonds is 3. The lowest BCUT2D eigenvalue weighted by Gasteiger charge is -2.33. The molecule has 7 nitrogen and oxygen atoms in total. The largest absolute Gasteiger partial charge is 0.466 e. The van der Waals surface area contributed by atoms with Crippen molar-refractivity contribution in [3.63, 3.8) is 0 Å². The molecule has 1 aromatic heterocycles. The van der Waals surface area contributed by atoms with Crippen LogP contribution in [0.4, 0.5) is 11.4 Å². The molecule has 0 saturated carbocycles. The number of carbonyl (C=O) groups excluding carboxylic acids is 2. The van der Waals surface area contributed by atoms with Crippen molar-refractivity contribution in [1.82, 2.24) is 9.78 Å². The minimum Gasteiger partial charge on any atom is -0.466 e. The summed E-state index contributed by atoms with van der Waals surface area (Å²) in [5.41, 5.74) is 0.309. The van der Waals surface area contributed by atoms with Crippen molar-refractivity contribution in [3.05, 3.63) is 67.0 Å². The average Bonchev–Trinajstić information content (AvgIpc) is 3.18. The fourth-order valence-corrected chi connectivity index (χ4v) is 2.69. The van der Waals surface area contributed by atoms with Gasteiger partial charge in [0.05, 0.1) is 11.4 Å². The predicted octanol–water partition coefficient (Wildman–Crippen LogP) is 2.60. The van der Waals surface area contributed by atoms with Crippen LogP contribution in [0.5, 0.6) is 5.75 Å². The maximum Gasteiger partial charge on any atom is 0.278 e. The third-order valence-electron chi connectivity index (χ3n) is 4.21. The number of fused-ring (bicyclic) bond motifs is 1. The Bertz CT molecular complexity index is 967. The zero-order valence-corrected chi connectivity index (χ0v) is 14.0. The van der Waals surface area contributed by atoms with E-state index in [1.165, 1.54) is 6.92 Å². The first-order chi connectivity index (χ1) is 12.6. The monoisotopic (exact) mass is 348 g/mol. The molecular formula is C19H16N4O3. The van der Waals surface area contributed by atoms with Crippen LogP contribution in [0, 0.1) is 0 Å². The molecule has 0 spiro atoms. The van der Waals surface area contributed by atoms with Gasteiger partial charge in [0.1, 0.15) is 5.75 Å². The molecule has 0 aliphatic carbocycles. The van der Waals surface area contributed by atoms with Crippen molar-refractivity contribution >= 4 is 23.2 Å². The molecule has 0 saturated heterocycles. The first-order valence-corrected chi connectivity index (χ1v) is 8.07. The molecule has 130 valence electrons. The van der Waals surface area contributed by atoms with E-state index in [9.17, 15) is 9.59 Å². The quantitative estimate of drug-likeness (QED) is 0.713. The van der Waals surface area contributed by atoms with Gasteiger partial charge in [-0.05, 0) is 49.4 Å². The number of hydrogen-bond donors (Lipinski definition) is 2. The molecule has 0 radical (unpaired) electrons. The van der Waals surface area contributed by atoms with Gasteiger partial charge in [0.2, 0.25) is 0 Å². The molecule has 7 heteroatoms. The normalized spacial score (nSPS) is 18.4. The van der Waals surface area contributed by atoms with Crippen molar-refractivity contribution in [2.45, 2.75) is 12.5 Å². The van der Waals surface area contributed by atoms with Gasteiger partial charge in [-0.2, -0.15) is 5.10 Å². The lowest BCUT2D eigenvalue weighted by Crippen LogP contribution is -2.56. The molecule has 26 heavy (non-hydrogen) atoms. The molecule has 0 fully saturated rings. The van der Waals surface area contributed by atoms with Crippen LogP contribution < -0.4 is 15.4 Å². The maximum absolute atomic E-state index is 12.7. The number of aromatic nitrogens is 2. The number of amides is 2. The summed E-state index contributed by atoms with van der Waals surface area (Å²) in [4.78, 5) is 25.1. The third-order valence-corrected chi connectivity index (χ3v) is 4.21. The second-order valence-electron chi connectivity index (χ2n) is 6.04. The van der Waals surface area contributed by atoms with Crippen LogP contribution >= 0.6 is 0 Å². The minimum absolute atomic E-state index is 0.457. The van der Waals surface area contributed by atoms with Crippen LogP contribution in [0.3, 0.4) is 0 Å². The van der Waals surface area contributed by atoms with Crippen molar-refractivity contribution in [2.75, 3.05) is 10.6 Å². The third kappa shape index (κ3) is 2.69. The number of hydrogen-bond acceptors (Lipinski definition) is 4. The number of ether oxygens (including phenoxy) is 1. The van der Waals surface area contributed by atoms with Crippen molar-refractivity contribution in [3.8, 4) is 11.4 Å². The topological polar surface area (TPSA) is 85.2 Å². The van der Waals surface area contributed by atoms with E-state index < -0.39 is 17.4 Å². The second-order valence-corrected chi connectivity index (χ2v) is 6.04. The summed E-state index contributed by atoms with van der Waals surface area (Å²) in [5.74, 6) is -0.600. The van der Waals surface area contributed by atoms with Crippen molar-refractivity contribution in [2.24, 2.45) is 0 Å². The minimum atomic E-state index is -1.66. The summed E-state index contributed by atoms with van der Waals surface area (Å²) in [6.45, 7) is 1.45. The Labute approximate surface area is 149 Å². The van der Waals surface area contributed by atoms with Gasteiger partial charge in [0.15, 0.2) is 0 Å². The van der Waals surface area contributed by atoms with E-state index in [-0.39, 0.29) is 0 Å². The highest BCUT2D eigenvalue weighted by atomic mass is 16.5. The van der Waals surface area contributed by atoms with Crippen LogP contribution in [0.2, 0.25) is 0 Å². The Hall–Kier alpha value is -3.61. The Morgan fingerprint density at radius 2 is 1.92 bits per heavy atom. The SMILES string of the molecule is C[C@]1(C(=O)Nc2ccc(-n3cccn3)cc2)Oc2ccccc2NC1=O. The molecule has 1 atom stereocenters. The number of carbonyl (C=O) groups is 2. The molecule has 1 aliphatic rings. The molecule has 4 rings (SSSR count). The van der Waals surface area contributed by atoms with Gasteiger partial charge in [0.25, 0.3) is 17.4 Å². The van der Waals surface area contributed by atoms with Crippen LogP contribution in [-0.2, 0) is 9.59 Å². The van der Waals surface area contributed by atoms with E-state index >= 15 is 0 Å². The molecule has 2 amide bonds. The fraction of sp³-hybridized carbons (Fsp3) is 0.105. The first kappa shape index (κ1) is 15.9. The van der Waals surface area contributed by atoms with Crippen molar-refractivity contribution in [1.29, 1.82) is 0 Å². The van der Waals surface area contributed by atoms with Gasteiger partial charge >= 0.3 is 0 Å². The summed E-state index contributed by atoms with van der Waals surface area (Å²) in [6, 6.07) is 15.9.